The second-order valence-electron chi connectivity index (χ2n) is 4.72. The number of hydrogen-bond donors (Lipinski definition) is 1. The van der Waals surface area contributed by atoms with Crippen LogP contribution < -0.4 is 10.2 Å². The summed E-state index contributed by atoms with van der Waals surface area (Å²) in [5, 5.41) is 12.4. The molecule has 0 aromatic heterocycles. The molecule has 23 heavy (non-hydrogen) atoms. The highest BCUT2D eigenvalue weighted by molar-refractivity contribution is 8.16. The minimum absolute atomic E-state index is 0.0389. The molecule has 1 heterocycles. The number of anilines is 2. The SMILES string of the molecule is O=C1SC(Nc2ccc([N+](=O)[O-])cc2)C(=O)N1c1ccccc1. The highest BCUT2D eigenvalue weighted by Crippen LogP contribution is 2.32. The van der Waals surface area contributed by atoms with Crippen molar-refractivity contribution in [2.45, 2.75) is 5.37 Å². The third-order valence-corrected chi connectivity index (χ3v) is 4.18. The van der Waals surface area contributed by atoms with Crippen LogP contribution in [0.25, 0.3) is 0 Å². The third-order valence-electron chi connectivity index (χ3n) is 3.24. The largest absolute Gasteiger partial charge is 0.365 e. The second kappa shape index (κ2) is 6.09. The molecule has 2 amide bonds. The first-order valence-electron chi connectivity index (χ1n) is 6.67. The lowest BCUT2D eigenvalue weighted by Crippen LogP contribution is -2.34. The number of non-ortho nitro benzene ring substituents is 1. The molecule has 0 radical (unpaired) electrons. The summed E-state index contributed by atoms with van der Waals surface area (Å²) in [5.74, 6) is -0.371. The van der Waals surface area contributed by atoms with Crippen molar-refractivity contribution in [2.24, 2.45) is 0 Å². The summed E-state index contributed by atoms with van der Waals surface area (Å²) < 4.78 is 0. The fraction of sp³-hybridized carbons (Fsp3) is 0.0667. The smallest absolute Gasteiger partial charge is 0.295 e. The van der Waals surface area contributed by atoms with Crippen LogP contribution in [0.2, 0.25) is 0 Å². The monoisotopic (exact) mass is 329 g/mol. The van der Waals surface area contributed by atoms with Crippen molar-refractivity contribution in [2.75, 3.05) is 10.2 Å². The number of benzene rings is 2. The molecule has 0 saturated carbocycles. The Labute approximate surface area is 135 Å². The summed E-state index contributed by atoms with van der Waals surface area (Å²) >= 11 is 0.874. The van der Waals surface area contributed by atoms with Crippen molar-refractivity contribution in [3.8, 4) is 0 Å². The molecular weight excluding hydrogens is 318 g/mol. The van der Waals surface area contributed by atoms with E-state index >= 15 is 0 Å². The van der Waals surface area contributed by atoms with E-state index in [2.05, 4.69) is 5.32 Å². The number of carbonyl (C=O) groups is 2. The quantitative estimate of drug-likeness (QED) is 0.684. The zero-order valence-corrected chi connectivity index (χ0v) is 12.5. The van der Waals surface area contributed by atoms with Crippen molar-refractivity contribution in [1.82, 2.24) is 0 Å². The Balaban J connectivity index is 1.76. The maximum Gasteiger partial charge on any atom is 0.295 e. The molecule has 1 N–H and O–H groups in total. The Hall–Kier alpha value is -2.87. The van der Waals surface area contributed by atoms with Crippen molar-refractivity contribution in [3.05, 3.63) is 64.7 Å². The molecule has 3 rings (SSSR count). The van der Waals surface area contributed by atoms with Gasteiger partial charge in [0.05, 0.1) is 10.6 Å². The number of imide groups is 1. The van der Waals surface area contributed by atoms with Gasteiger partial charge in [0.2, 0.25) is 0 Å². The van der Waals surface area contributed by atoms with E-state index in [-0.39, 0.29) is 16.8 Å². The maximum absolute atomic E-state index is 12.4. The lowest BCUT2D eigenvalue weighted by atomic mass is 10.2. The van der Waals surface area contributed by atoms with Crippen LogP contribution in [0.1, 0.15) is 0 Å². The minimum atomic E-state index is -0.760. The van der Waals surface area contributed by atoms with Crippen LogP contribution in [-0.4, -0.2) is 21.4 Å². The topological polar surface area (TPSA) is 92.5 Å². The van der Waals surface area contributed by atoms with Crippen LogP contribution in [0.4, 0.5) is 21.9 Å². The van der Waals surface area contributed by atoms with E-state index in [1.807, 2.05) is 0 Å². The van der Waals surface area contributed by atoms with Crippen LogP contribution in [0.5, 0.6) is 0 Å². The van der Waals surface area contributed by atoms with E-state index < -0.39 is 10.3 Å². The summed E-state index contributed by atoms with van der Waals surface area (Å²) in [6.45, 7) is 0. The third kappa shape index (κ3) is 3.02. The molecule has 1 aliphatic heterocycles. The number of thioether (sulfide) groups is 1. The first-order valence-corrected chi connectivity index (χ1v) is 7.55. The summed E-state index contributed by atoms with van der Waals surface area (Å²) in [5.41, 5.74) is 1.01. The Kier molecular flexibility index (Phi) is 3.98. The fourth-order valence-corrected chi connectivity index (χ4v) is 3.05. The fourth-order valence-electron chi connectivity index (χ4n) is 2.14. The predicted octanol–water partition coefficient (Wildman–Crippen LogP) is 3.23. The van der Waals surface area contributed by atoms with Gasteiger partial charge in [-0.05, 0) is 36.0 Å². The second-order valence-corrected chi connectivity index (χ2v) is 5.78. The first kappa shape index (κ1) is 15.0. The zero-order chi connectivity index (χ0) is 16.4. The van der Waals surface area contributed by atoms with E-state index in [1.165, 1.54) is 24.3 Å². The lowest BCUT2D eigenvalue weighted by molar-refractivity contribution is -0.384. The molecular formula is C15H11N3O4S. The van der Waals surface area contributed by atoms with Gasteiger partial charge < -0.3 is 5.32 Å². The number of nitro groups is 1. The van der Waals surface area contributed by atoms with Gasteiger partial charge in [-0.3, -0.25) is 19.7 Å². The van der Waals surface area contributed by atoms with E-state index in [0.29, 0.717) is 11.4 Å². The van der Waals surface area contributed by atoms with Gasteiger partial charge in [0.25, 0.3) is 16.8 Å². The Bertz CT molecular complexity index is 764. The molecule has 0 aliphatic carbocycles. The Morgan fingerprint density at radius 3 is 2.30 bits per heavy atom. The predicted molar refractivity (Wildman–Crippen MR) is 87.4 cm³/mol. The van der Waals surface area contributed by atoms with Crippen LogP contribution in [0, 0.1) is 10.1 Å². The number of nitro benzene ring substituents is 1. The number of nitrogens with zero attached hydrogens (tertiary/aromatic N) is 2. The van der Waals surface area contributed by atoms with Gasteiger partial charge in [-0.15, -0.1) is 0 Å². The van der Waals surface area contributed by atoms with Gasteiger partial charge in [-0.25, -0.2) is 4.90 Å². The molecule has 2 aromatic carbocycles. The first-order chi connectivity index (χ1) is 11.1. The summed E-state index contributed by atoms with van der Waals surface area (Å²) in [7, 11) is 0. The number of hydrogen-bond acceptors (Lipinski definition) is 6. The number of nitrogens with one attached hydrogen (secondary N) is 1. The van der Waals surface area contributed by atoms with Gasteiger partial charge in [0, 0.05) is 17.8 Å². The van der Waals surface area contributed by atoms with Gasteiger partial charge in [0.15, 0.2) is 5.37 Å². The molecule has 0 bridgehead atoms. The lowest BCUT2D eigenvalue weighted by Gasteiger charge is -2.14. The van der Waals surface area contributed by atoms with Gasteiger partial charge in [-0.2, -0.15) is 0 Å². The van der Waals surface area contributed by atoms with Crippen molar-refractivity contribution in [3.63, 3.8) is 0 Å². The van der Waals surface area contributed by atoms with E-state index in [9.17, 15) is 19.7 Å². The molecule has 2 aromatic rings. The van der Waals surface area contributed by atoms with E-state index in [1.54, 1.807) is 30.3 Å². The van der Waals surface area contributed by atoms with Crippen molar-refractivity contribution >= 4 is 40.0 Å². The molecule has 1 fully saturated rings. The molecule has 1 atom stereocenters. The van der Waals surface area contributed by atoms with Gasteiger partial charge in [-0.1, -0.05) is 18.2 Å². The van der Waals surface area contributed by atoms with Crippen molar-refractivity contribution in [1.29, 1.82) is 0 Å². The summed E-state index contributed by atoms with van der Waals surface area (Å²) in [6, 6.07) is 14.3. The maximum atomic E-state index is 12.4. The summed E-state index contributed by atoms with van der Waals surface area (Å²) in [6.07, 6.45) is 0. The zero-order valence-electron chi connectivity index (χ0n) is 11.7. The van der Waals surface area contributed by atoms with Crippen LogP contribution >= 0.6 is 11.8 Å². The molecule has 7 nitrogen and oxygen atoms in total. The van der Waals surface area contributed by atoms with Crippen molar-refractivity contribution < 1.29 is 14.5 Å². The van der Waals surface area contributed by atoms with Crippen LogP contribution in [0.3, 0.4) is 0 Å². The van der Waals surface area contributed by atoms with E-state index in [4.69, 9.17) is 0 Å². The molecule has 1 saturated heterocycles. The molecule has 1 aliphatic rings. The van der Waals surface area contributed by atoms with E-state index in [0.717, 1.165) is 16.7 Å². The van der Waals surface area contributed by atoms with Gasteiger partial charge in [0.1, 0.15) is 0 Å². The average molecular weight is 329 g/mol. The molecule has 8 heteroatoms. The number of carbonyl (C=O) groups excluding carboxylic acids is 2. The number of amides is 2. The minimum Gasteiger partial charge on any atom is -0.365 e. The molecule has 1 unspecified atom stereocenters. The molecule has 0 spiro atoms. The van der Waals surface area contributed by atoms with Crippen LogP contribution in [-0.2, 0) is 4.79 Å². The Morgan fingerprint density at radius 2 is 1.70 bits per heavy atom. The number of para-hydroxylation sites is 1. The standard InChI is InChI=1S/C15H11N3O4S/c19-14-13(16-10-6-8-12(9-7-10)18(21)22)23-15(20)17(14)11-4-2-1-3-5-11/h1-9,13,16H. The highest BCUT2D eigenvalue weighted by Gasteiger charge is 2.40. The molecule has 116 valence electrons. The normalized spacial score (nSPS) is 17.4. The van der Waals surface area contributed by atoms with Gasteiger partial charge >= 0.3 is 0 Å². The number of rotatable bonds is 4. The highest BCUT2D eigenvalue weighted by atomic mass is 32.2. The average Bonchev–Trinajstić information content (AvgIpc) is 2.82. The Morgan fingerprint density at radius 1 is 1.04 bits per heavy atom. The van der Waals surface area contributed by atoms with Crippen LogP contribution in [0.15, 0.2) is 54.6 Å². The summed E-state index contributed by atoms with van der Waals surface area (Å²) in [4.78, 5) is 35.7.